The first kappa shape index (κ1) is 30.7. The maximum Gasteiger partial charge on any atom is 0.342 e. The van der Waals surface area contributed by atoms with Crippen molar-refractivity contribution in [2.45, 2.75) is 45.4 Å². The van der Waals surface area contributed by atoms with Crippen LogP contribution in [0.2, 0.25) is 18.1 Å². The molecule has 0 atom stereocenters. The van der Waals surface area contributed by atoms with Crippen LogP contribution in [0.25, 0.3) is 21.9 Å². The molecule has 8 heteroatoms. The van der Waals surface area contributed by atoms with Crippen molar-refractivity contribution >= 4 is 36.7 Å². The van der Waals surface area contributed by atoms with E-state index in [1.165, 1.54) is 14.2 Å². The molecule has 0 aliphatic carbocycles. The van der Waals surface area contributed by atoms with Crippen LogP contribution in [0.3, 0.4) is 0 Å². The summed E-state index contributed by atoms with van der Waals surface area (Å²) in [4.78, 5) is 26.5. The van der Waals surface area contributed by atoms with Gasteiger partial charge in [0.1, 0.15) is 11.3 Å². The zero-order valence-corrected chi connectivity index (χ0v) is 26.6. The molecular formula is C34H39NO6Si. The van der Waals surface area contributed by atoms with E-state index in [1.807, 2.05) is 66.7 Å². The van der Waals surface area contributed by atoms with Gasteiger partial charge in [0.05, 0.1) is 38.0 Å². The van der Waals surface area contributed by atoms with Gasteiger partial charge in [-0.1, -0.05) is 81.4 Å². The van der Waals surface area contributed by atoms with Crippen molar-refractivity contribution < 1.29 is 28.2 Å². The summed E-state index contributed by atoms with van der Waals surface area (Å²) in [5, 5.41) is 4.62. The first-order valence-electron chi connectivity index (χ1n) is 13.8. The van der Waals surface area contributed by atoms with E-state index in [9.17, 15) is 9.59 Å². The molecule has 0 saturated carbocycles. The van der Waals surface area contributed by atoms with E-state index in [1.54, 1.807) is 13.2 Å². The lowest BCUT2D eigenvalue weighted by Crippen LogP contribution is -2.44. The zero-order valence-electron chi connectivity index (χ0n) is 25.6. The maximum atomic E-state index is 13.4. The van der Waals surface area contributed by atoms with Gasteiger partial charge in [0, 0.05) is 12.1 Å². The highest BCUT2D eigenvalue weighted by Crippen LogP contribution is 2.50. The number of anilines is 1. The predicted octanol–water partition coefficient (Wildman–Crippen LogP) is 8.08. The molecule has 0 heterocycles. The number of carbonyl (C=O) groups is 2. The van der Waals surface area contributed by atoms with Gasteiger partial charge in [-0.2, -0.15) is 0 Å². The summed E-state index contributed by atoms with van der Waals surface area (Å²) in [5.74, 6) is -0.606. The van der Waals surface area contributed by atoms with Crippen molar-refractivity contribution in [3.8, 4) is 22.6 Å². The quantitative estimate of drug-likeness (QED) is 0.157. The van der Waals surface area contributed by atoms with Crippen LogP contribution in [0.15, 0.2) is 72.8 Å². The van der Waals surface area contributed by atoms with Crippen LogP contribution < -0.4 is 14.5 Å². The van der Waals surface area contributed by atoms with Gasteiger partial charge in [-0.25, -0.2) is 9.59 Å². The Bertz CT molecular complexity index is 1590. The highest BCUT2D eigenvalue weighted by Gasteiger charge is 2.41. The molecule has 220 valence electrons. The van der Waals surface area contributed by atoms with Crippen molar-refractivity contribution in [2.75, 3.05) is 26.6 Å². The molecule has 4 aromatic carbocycles. The number of rotatable bonds is 9. The number of carbonyl (C=O) groups excluding carboxylic acids is 2. The Morgan fingerprint density at radius 1 is 0.810 bits per heavy atom. The summed E-state index contributed by atoms with van der Waals surface area (Å²) >= 11 is 0. The molecule has 0 unspecified atom stereocenters. The molecule has 0 aliphatic rings. The molecule has 1 N–H and O–H groups in total. The average Bonchev–Trinajstić information content (AvgIpc) is 2.98. The lowest BCUT2D eigenvalue weighted by molar-refractivity contribution is 0.0553. The summed E-state index contributed by atoms with van der Waals surface area (Å²) in [6.45, 7) is 11.0. The maximum absolute atomic E-state index is 13.4. The molecule has 0 aliphatic heterocycles. The fourth-order valence-corrected chi connectivity index (χ4v) is 5.62. The fraction of sp³-hybridized carbons (Fsp3) is 0.294. The Morgan fingerprint density at radius 2 is 1.40 bits per heavy atom. The first-order valence-corrected chi connectivity index (χ1v) is 16.7. The third-order valence-corrected chi connectivity index (χ3v) is 12.2. The fourth-order valence-electron chi connectivity index (χ4n) is 4.60. The highest BCUT2D eigenvalue weighted by atomic mass is 28.4. The predicted molar refractivity (Wildman–Crippen MR) is 170 cm³/mol. The Hall–Kier alpha value is -4.30. The second-order valence-electron chi connectivity index (χ2n) is 11.6. The molecule has 0 aromatic heterocycles. The van der Waals surface area contributed by atoms with Crippen LogP contribution in [0, 0.1) is 0 Å². The minimum absolute atomic E-state index is 0.0152. The van der Waals surface area contributed by atoms with Gasteiger partial charge in [0.2, 0.25) is 0 Å². The second-order valence-corrected chi connectivity index (χ2v) is 16.3. The first-order chi connectivity index (χ1) is 19.9. The van der Waals surface area contributed by atoms with E-state index < -0.39 is 20.3 Å². The molecule has 7 nitrogen and oxygen atoms in total. The van der Waals surface area contributed by atoms with Crippen LogP contribution in [-0.2, 0) is 16.0 Å². The Kier molecular flexibility index (Phi) is 8.97. The summed E-state index contributed by atoms with van der Waals surface area (Å²) in [6, 6.07) is 23.7. The minimum atomic E-state index is -2.56. The molecule has 0 saturated heterocycles. The number of fused-ring (bicyclic) bond motifs is 1. The number of ether oxygens (including phenoxy) is 3. The number of benzene rings is 4. The van der Waals surface area contributed by atoms with Gasteiger partial charge < -0.3 is 24.0 Å². The Morgan fingerprint density at radius 3 is 1.95 bits per heavy atom. The highest BCUT2D eigenvalue weighted by molar-refractivity contribution is 6.75. The van der Waals surface area contributed by atoms with E-state index in [-0.39, 0.29) is 21.9 Å². The van der Waals surface area contributed by atoms with E-state index in [0.29, 0.717) is 23.1 Å². The van der Waals surface area contributed by atoms with Crippen molar-refractivity contribution in [3.63, 3.8) is 0 Å². The molecule has 0 fully saturated rings. The van der Waals surface area contributed by atoms with Crippen LogP contribution >= 0.6 is 0 Å². The minimum Gasteiger partial charge on any atom is -0.542 e. The van der Waals surface area contributed by atoms with Crippen LogP contribution in [-0.4, -0.2) is 41.6 Å². The average molecular weight is 586 g/mol. The van der Waals surface area contributed by atoms with Gasteiger partial charge in [0.25, 0.3) is 8.32 Å². The normalized spacial score (nSPS) is 11.6. The van der Waals surface area contributed by atoms with Crippen LogP contribution in [0.5, 0.6) is 11.5 Å². The molecule has 0 bridgehead atoms. The summed E-state index contributed by atoms with van der Waals surface area (Å²) in [6.07, 6.45) is 0. The summed E-state index contributed by atoms with van der Waals surface area (Å²) < 4.78 is 23.4. The summed E-state index contributed by atoms with van der Waals surface area (Å²) in [5.41, 5.74) is 3.74. The zero-order chi connectivity index (χ0) is 30.7. The molecule has 4 rings (SSSR count). The van der Waals surface area contributed by atoms with Crippen LogP contribution in [0.1, 0.15) is 47.1 Å². The van der Waals surface area contributed by atoms with Gasteiger partial charge in [0.15, 0.2) is 5.75 Å². The second kappa shape index (κ2) is 12.3. The third-order valence-electron chi connectivity index (χ3n) is 7.89. The number of hydrogen-bond acceptors (Lipinski definition) is 7. The SMILES string of the molecule is COC(=O)c1cc2cc(-c3ccccc3)c(NCc3ccccc3)c(OC)c2c(O[Si](C)(C)C(C)(C)C)c1C(=O)OC. The van der Waals surface area contributed by atoms with Gasteiger partial charge >= 0.3 is 11.9 Å². The van der Waals surface area contributed by atoms with Crippen molar-refractivity contribution in [2.24, 2.45) is 0 Å². The van der Waals surface area contributed by atoms with Crippen LogP contribution in [0.4, 0.5) is 5.69 Å². The number of methoxy groups -OCH3 is 3. The van der Waals surface area contributed by atoms with E-state index in [2.05, 4.69) is 39.2 Å². The lowest BCUT2D eigenvalue weighted by atomic mass is 9.93. The molecule has 0 spiro atoms. The molecule has 42 heavy (non-hydrogen) atoms. The topological polar surface area (TPSA) is 83.1 Å². The monoisotopic (exact) mass is 585 g/mol. The number of hydrogen-bond donors (Lipinski definition) is 1. The van der Waals surface area contributed by atoms with Gasteiger partial charge in [-0.15, -0.1) is 0 Å². The molecule has 0 radical (unpaired) electrons. The number of esters is 2. The number of nitrogens with one attached hydrogen (secondary N) is 1. The van der Waals surface area contributed by atoms with Crippen molar-refractivity contribution in [1.82, 2.24) is 0 Å². The van der Waals surface area contributed by atoms with Gasteiger partial charge in [-0.3, -0.25) is 0 Å². The van der Waals surface area contributed by atoms with Crippen molar-refractivity contribution in [1.29, 1.82) is 0 Å². The molecular weight excluding hydrogens is 546 g/mol. The lowest BCUT2D eigenvalue weighted by Gasteiger charge is -2.37. The Balaban J connectivity index is 2.15. The van der Waals surface area contributed by atoms with E-state index in [0.717, 1.165) is 22.4 Å². The van der Waals surface area contributed by atoms with Crippen molar-refractivity contribution in [3.05, 3.63) is 89.5 Å². The standard InChI is InChI=1S/C34H39NO6Si/c1-34(2,3)42(7,8)41-30-27-24(20-26(32(36)39-5)28(30)33(37)40-6)19-25(23-17-13-10-14-18-23)29(31(27)38-4)35-21-22-15-11-9-12-16-22/h9-20,35H,21H2,1-8H3. The van der Waals surface area contributed by atoms with E-state index >= 15 is 0 Å². The summed E-state index contributed by atoms with van der Waals surface area (Å²) in [7, 11) is 1.61. The van der Waals surface area contributed by atoms with Gasteiger partial charge in [-0.05, 0) is 46.8 Å². The van der Waals surface area contributed by atoms with E-state index in [4.69, 9.17) is 18.6 Å². The smallest absolute Gasteiger partial charge is 0.342 e. The molecule has 0 amide bonds. The third kappa shape index (κ3) is 5.99. The Labute approximate surface area is 248 Å². The largest absolute Gasteiger partial charge is 0.542 e. The molecule has 4 aromatic rings.